The largest absolute Gasteiger partial charge is 0.365 e. The maximum Gasteiger partial charge on any atom is 0.365 e. The number of hydrogen-bond donors (Lipinski definition) is 0. The molecule has 3 nitrogen and oxygen atoms in total. The Morgan fingerprint density at radius 1 is 0.840 bits per heavy atom. The smallest absolute Gasteiger partial charge is 0.313 e. The Bertz CT molecular complexity index is 974. The third-order valence-corrected chi connectivity index (χ3v) is 4.49. The number of hydrogen-bond acceptors (Lipinski definition) is 3. The van der Waals surface area contributed by atoms with Gasteiger partial charge in [0.05, 0.1) is 11.3 Å². The fourth-order valence-corrected chi connectivity index (χ4v) is 3.16. The van der Waals surface area contributed by atoms with Crippen LogP contribution in [0.15, 0.2) is 78.0 Å². The molecule has 0 saturated carbocycles. The highest BCUT2D eigenvalue weighted by Crippen LogP contribution is 2.36. The molecule has 0 bridgehead atoms. The molecule has 25 heavy (non-hydrogen) atoms. The van der Waals surface area contributed by atoms with Gasteiger partial charge in [-0.3, -0.25) is 0 Å². The second-order valence-corrected chi connectivity index (χ2v) is 6.13. The van der Waals surface area contributed by atoms with Crippen molar-refractivity contribution in [2.45, 2.75) is 13.3 Å². The molecule has 0 spiro atoms. The molecule has 0 atom stereocenters. The van der Waals surface area contributed by atoms with Gasteiger partial charge in [0.2, 0.25) is 0 Å². The second-order valence-electron chi connectivity index (χ2n) is 6.13. The molecular formula is C22H17NO2. The molecule has 0 aromatic heterocycles. The van der Waals surface area contributed by atoms with Crippen molar-refractivity contribution in [3.8, 4) is 11.1 Å². The Kier molecular flexibility index (Phi) is 3.90. The van der Waals surface area contributed by atoms with Crippen molar-refractivity contribution in [2.75, 3.05) is 0 Å². The molecule has 0 radical (unpaired) electrons. The van der Waals surface area contributed by atoms with E-state index in [0.717, 1.165) is 12.0 Å². The number of fused-ring (bicyclic) bond motifs is 3. The molecule has 0 aliphatic heterocycles. The third kappa shape index (κ3) is 2.96. The van der Waals surface area contributed by atoms with E-state index in [-0.39, 0.29) is 0 Å². The van der Waals surface area contributed by atoms with Gasteiger partial charge in [0.15, 0.2) is 0 Å². The van der Waals surface area contributed by atoms with Gasteiger partial charge in [0.1, 0.15) is 0 Å². The van der Waals surface area contributed by atoms with Gasteiger partial charge in [-0.15, -0.1) is 0 Å². The van der Waals surface area contributed by atoms with E-state index >= 15 is 0 Å². The zero-order valence-corrected chi connectivity index (χ0v) is 13.9. The summed E-state index contributed by atoms with van der Waals surface area (Å²) in [6.45, 7) is 1.85. The van der Waals surface area contributed by atoms with Crippen molar-refractivity contribution in [1.82, 2.24) is 0 Å². The Balaban J connectivity index is 1.55. The summed E-state index contributed by atoms with van der Waals surface area (Å²) in [6, 6.07) is 23.6. The molecule has 4 rings (SSSR count). The lowest BCUT2D eigenvalue weighted by Gasteiger charge is -2.05. The zero-order valence-electron chi connectivity index (χ0n) is 13.9. The van der Waals surface area contributed by atoms with Gasteiger partial charge in [-0.1, -0.05) is 59.8 Å². The van der Waals surface area contributed by atoms with Crippen LogP contribution in [-0.4, -0.2) is 11.7 Å². The van der Waals surface area contributed by atoms with Crippen molar-refractivity contribution >= 4 is 11.7 Å². The number of nitrogens with zero attached hydrogens (tertiary/aromatic N) is 1. The summed E-state index contributed by atoms with van der Waals surface area (Å²) >= 11 is 0. The van der Waals surface area contributed by atoms with Crippen LogP contribution in [0.5, 0.6) is 0 Å². The lowest BCUT2D eigenvalue weighted by molar-refractivity contribution is 0.0516. The molecule has 3 aromatic rings. The second kappa shape index (κ2) is 6.36. The van der Waals surface area contributed by atoms with E-state index in [0.29, 0.717) is 11.3 Å². The van der Waals surface area contributed by atoms with Crippen LogP contribution in [0.3, 0.4) is 0 Å². The van der Waals surface area contributed by atoms with E-state index in [1.807, 2.05) is 19.1 Å². The molecule has 0 heterocycles. The van der Waals surface area contributed by atoms with Gasteiger partial charge >= 0.3 is 5.97 Å². The fourth-order valence-electron chi connectivity index (χ4n) is 3.16. The maximum atomic E-state index is 12.0. The quantitative estimate of drug-likeness (QED) is 0.307. The Labute approximate surface area is 146 Å². The molecule has 122 valence electrons. The highest BCUT2D eigenvalue weighted by atomic mass is 16.7. The molecule has 1 aliphatic carbocycles. The van der Waals surface area contributed by atoms with E-state index in [1.54, 1.807) is 24.3 Å². The average molecular weight is 327 g/mol. The number of oxime groups is 1. The maximum absolute atomic E-state index is 12.0. The van der Waals surface area contributed by atoms with Gasteiger partial charge in [-0.2, -0.15) is 0 Å². The first-order valence-electron chi connectivity index (χ1n) is 8.25. The Hall–Kier alpha value is -3.20. The van der Waals surface area contributed by atoms with Crippen LogP contribution < -0.4 is 0 Å². The Morgan fingerprint density at radius 3 is 2.40 bits per heavy atom. The van der Waals surface area contributed by atoms with Crippen molar-refractivity contribution in [3.63, 3.8) is 0 Å². The van der Waals surface area contributed by atoms with Gasteiger partial charge in [-0.05, 0) is 59.4 Å². The minimum absolute atomic E-state index is 0.450. The van der Waals surface area contributed by atoms with Crippen LogP contribution in [0.1, 0.15) is 34.0 Å². The van der Waals surface area contributed by atoms with Gasteiger partial charge in [-0.25, -0.2) is 4.79 Å². The first-order valence-corrected chi connectivity index (χ1v) is 8.25. The Morgan fingerprint density at radius 2 is 1.56 bits per heavy atom. The van der Waals surface area contributed by atoms with Crippen molar-refractivity contribution in [1.29, 1.82) is 0 Å². The van der Waals surface area contributed by atoms with Crippen molar-refractivity contribution < 1.29 is 9.63 Å². The molecule has 1 aliphatic rings. The minimum atomic E-state index is -0.450. The number of carbonyl (C=O) groups excluding carboxylic acids is 1. The summed E-state index contributed by atoms with van der Waals surface area (Å²) < 4.78 is 0. The number of benzene rings is 3. The molecule has 0 fully saturated rings. The number of rotatable bonds is 3. The lowest BCUT2D eigenvalue weighted by atomic mass is 10.0. The molecule has 3 aromatic carbocycles. The first kappa shape index (κ1) is 15.3. The summed E-state index contributed by atoms with van der Waals surface area (Å²) in [6.07, 6.45) is 0.927. The summed E-state index contributed by atoms with van der Waals surface area (Å²) in [7, 11) is 0. The SMILES string of the molecule is C/C(=N\OC(=O)c1ccccc1)c1ccc2c(c1)Cc1ccccc1-2. The minimum Gasteiger partial charge on any atom is -0.313 e. The predicted octanol–water partition coefficient (Wildman–Crippen LogP) is 4.84. The molecule has 0 unspecified atom stereocenters. The van der Waals surface area contributed by atoms with E-state index in [4.69, 9.17) is 4.84 Å². The summed E-state index contributed by atoms with van der Waals surface area (Å²) in [5, 5.41) is 4.01. The summed E-state index contributed by atoms with van der Waals surface area (Å²) in [5.74, 6) is -0.450. The normalized spacial score (nSPS) is 12.4. The third-order valence-electron chi connectivity index (χ3n) is 4.49. The van der Waals surface area contributed by atoms with Crippen LogP contribution in [0.4, 0.5) is 0 Å². The highest BCUT2D eigenvalue weighted by Gasteiger charge is 2.18. The molecule has 0 saturated heterocycles. The van der Waals surface area contributed by atoms with Gasteiger partial charge in [0, 0.05) is 0 Å². The monoisotopic (exact) mass is 327 g/mol. The van der Waals surface area contributed by atoms with Crippen molar-refractivity contribution in [2.24, 2.45) is 5.16 Å². The fraction of sp³-hybridized carbons (Fsp3) is 0.0909. The highest BCUT2D eigenvalue weighted by molar-refractivity contribution is 6.00. The van der Waals surface area contributed by atoms with E-state index < -0.39 is 5.97 Å². The van der Waals surface area contributed by atoms with E-state index in [1.165, 1.54) is 22.3 Å². The standard InChI is InChI=1S/C22H17NO2/c1-15(23-25-22(24)16-7-3-2-4-8-16)17-11-12-21-19(13-17)14-18-9-5-6-10-20(18)21/h2-13H,14H2,1H3/b23-15+. The summed E-state index contributed by atoms with van der Waals surface area (Å²) in [5.41, 5.74) is 7.34. The van der Waals surface area contributed by atoms with Gasteiger partial charge in [0.25, 0.3) is 0 Å². The van der Waals surface area contributed by atoms with E-state index in [9.17, 15) is 4.79 Å². The zero-order chi connectivity index (χ0) is 17.2. The van der Waals surface area contributed by atoms with Crippen LogP contribution in [-0.2, 0) is 11.3 Å². The number of carbonyl (C=O) groups is 1. The van der Waals surface area contributed by atoms with Crippen LogP contribution in [0.25, 0.3) is 11.1 Å². The first-order chi connectivity index (χ1) is 12.2. The lowest BCUT2D eigenvalue weighted by Crippen LogP contribution is -2.04. The van der Waals surface area contributed by atoms with Crippen LogP contribution in [0, 0.1) is 0 Å². The average Bonchev–Trinajstić information content (AvgIpc) is 3.04. The molecule has 0 N–H and O–H groups in total. The van der Waals surface area contributed by atoms with Crippen LogP contribution in [0.2, 0.25) is 0 Å². The van der Waals surface area contributed by atoms with E-state index in [2.05, 4.69) is 41.6 Å². The molecular weight excluding hydrogens is 310 g/mol. The topological polar surface area (TPSA) is 38.7 Å². The van der Waals surface area contributed by atoms with Gasteiger partial charge < -0.3 is 4.84 Å². The van der Waals surface area contributed by atoms with Crippen molar-refractivity contribution in [3.05, 3.63) is 95.1 Å². The molecule has 0 amide bonds. The predicted molar refractivity (Wildman–Crippen MR) is 98.8 cm³/mol. The summed E-state index contributed by atoms with van der Waals surface area (Å²) in [4.78, 5) is 17.1. The molecule has 3 heteroatoms. The van der Waals surface area contributed by atoms with Crippen LogP contribution >= 0.6 is 0 Å².